The Bertz CT molecular complexity index is 587. The van der Waals surface area contributed by atoms with Crippen LogP contribution in [0.15, 0.2) is 48.1 Å². The van der Waals surface area contributed by atoms with Crippen LogP contribution >= 0.6 is 0 Å². The van der Waals surface area contributed by atoms with Crippen LogP contribution in [0.25, 0.3) is 6.08 Å². The second-order valence-corrected chi connectivity index (χ2v) is 4.89. The van der Waals surface area contributed by atoms with E-state index in [1.165, 1.54) is 12.1 Å². The van der Waals surface area contributed by atoms with Crippen LogP contribution in [0.2, 0.25) is 0 Å². The smallest absolute Gasteiger partial charge is 0.294 e. The maximum atomic E-state index is 10.5. The molecular formula is C12H14N2O3S. The summed E-state index contributed by atoms with van der Waals surface area (Å²) in [5, 5.41) is 0. The summed E-state index contributed by atoms with van der Waals surface area (Å²) in [7, 11) is -4.02. The Kier molecular flexibility index (Phi) is 4.82. The minimum atomic E-state index is -4.02. The Morgan fingerprint density at radius 1 is 1.33 bits per heavy atom. The van der Waals surface area contributed by atoms with Gasteiger partial charge in [-0.15, -0.1) is 0 Å². The van der Waals surface area contributed by atoms with E-state index in [9.17, 15) is 8.42 Å². The lowest BCUT2D eigenvalue weighted by Gasteiger charge is -1.95. The van der Waals surface area contributed by atoms with Crippen LogP contribution in [0, 0.1) is 6.92 Å². The molecule has 0 bridgehead atoms. The Balaban J connectivity index is 0.000000199. The van der Waals surface area contributed by atoms with Crippen LogP contribution in [0.4, 0.5) is 0 Å². The predicted octanol–water partition coefficient (Wildman–Crippen LogP) is 2.29. The van der Waals surface area contributed by atoms with Crippen molar-refractivity contribution in [3.05, 3.63) is 54.6 Å². The summed E-state index contributed by atoms with van der Waals surface area (Å²) in [6.07, 6.45) is 5.12. The first kappa shape index (κ1) is 14.1. The normalized spacial score (nSPS) is 10.3. The molecule has 0 saturated heterocycles. The molecule has 2 N–H and O–H groups in total. The van der Waals surface area contributed by atoms with Gasteiger partial charge in [-0.1, -0.05) is 24.3 Å². The van der Waals surface area contributed by atoms with Crippen LogP contribution in [0.3, 0.4) is 0 Å². The van der Waals surface area contributed by atoms with Crippen molar-refractivity contribution in [1.82, 2.24) is 9.97 Å². The van der Waals surface area contributed by atoms with E-state index in [1.807, 2.05) is 6.92 Å². The van der Waals surface area contributed by atoms with Gasteiger partial charge in [0.25, 0.3) is 10.1 Å². The summed E-state index contributed by atoms with van der Waals surface area (Å²) in [4.78, 5) is 6.65. The largest absolute Gasteiger partial charge is 0.345 e. The highest BCUT2D eigenvalue weighted by Gasteiger charge is 2.06. The number of aromatic nitrogens is 2. The number of nitrogens with one attached hydrogen (secondary N) is 1. The molecule has 0 spiro atoms. The molecule has 2 aromatic rings. The molecule has 0 aliphatic heterocycles. The van der Waals surface area contributed by atoms with Gasteiger partial charge in [-0.3, -0.25) is 4.55 Å². The fraction of sp³-hybridized carbons (Fsp3) is 0.0833. The molecule has 0 radical (unpaired) electrons. The molecule has 18 heavy (non-hydrogen) atoms. The molecule has 1 heterocycles. The van der Waals surface area contributed by atoms with Crippen molar-refractivity contribution in [2.75, 3.05) is 0 Å². The fourth-order valence-electron chi connectivity index (χ4n) is 1.10. The molecule has 0 fully saturated rings. The SMILES string of the molecule is C=Cc1ncc[nH]1.Cc1ccc(S(=O)(=O)O)cc1. The quantitative estimate of drug-likeness (QED) is 0.817. The zero-order chi connectivity index (χ0) is 13.6. The summed E-state index contributed by atoms with van der Waals surface area (Å²) in [5.74, 6) is 0.819. The number of imidazole rings is 1. The predicted molar refractivity (Wildman–Crippen MR) is 69.7 cm³/mol. The number of H-pyrrole nitrogens is 1. The minimum absolute atomic E-state index is 0.0666. The highest BCUT2D eigenvalue weighted by Crippen LogP contribution is 2.08. The van der Waals surface area contributed by atoms with Gasteiger partial charge in [0.05, 0.1) is 4.90 Å². The van der Waals surface area contributed by atoms with Crippen molar-refractivity contribution in [3.8, 4) is 0 Å². The third kappa shape index (κ3) is 4.52. The summed E-state index contributed by atoms with van der Waals surface area (Å²) < 4.78 is 29.6. The number of nitrogens with zero attached hydrogens (tertiary/aromatic N) is 1. The molecule has 2 rings (SSSR count). The standard InChI is InChI=1S/C7H8O3S.C5H6N2/c1-6-2-4-7(5-3-6)11(8,9)10;1-2-5-6-3-4-7-5/h2-5H,1H3,(H,8,9,10);2-4H,1H2,(H,6,7). The molecule has 0 aliphatic rings. The van der Waals surface area contributed by atoms with Crippen LogP contribution in [0.1, 0.15) is 11.4 Å². The fourth-order valence-corrected chi connectivity index (χ4v) is 1.58. The Morgan fingerprint density at radius 3 is 2.28 bits per heavy atom. The maximum Gasteiger partial charge on any atom is 0.294 e. The van der Waals surface area contributed by atoms with Gasteiger partial charge < -0.3 is 4.98 Å². The number of hydrogen-bond donors (Lipinski definition) is 2. The zero-order valence-electron chi connectivity index (χ0n) is 9.87. The molecule has 0 aliphatic carbocycles. The topological polar surface area (TPSA) is 83.0 Å². The van der Waals surface area contributed by atoms with E-state index in [4.69, 9.17) is 4.55 Å². The van der Waals surface area contributed by atoms with E-state index in [2.05, 4.69) is 16.5 Å². The molecule has 96 valence electrons. The van der Waals surface area contributed by atoms with E-state index in [0.717, 1.165) is 11.4 Å². The lowest BCUT2D eigenvalue weighted by Crippen LogP contribution is -1.96. The Labute approximate surface area is 106 Å². The van der Waals surface area contributed by atoms with Crippen molar-refractivity contribution in [2.45, 2.75) is 11.8 Å². The van der Waals surface area contributed by atoms with Crippen molar-refractivity contribution < 1.29 is 13.0 Å². The highest BCUT2D eigenvalue weighted by molar-refractivity contribution is 7.85. The summed E-state index contributed by atoms with van der Waals surface area (Å²) in [6.45, 7) is 5.35. The molecule has 6 heteroatoms. The van der Waals surface area contributed by atoms with Gasteiger partial charge >= 0.3 is 0 Å². The minimum Gasteiger partial charge on any atom is -0.345 e. The number of aromatic amines is 1. The van der Waals surface area contributed by atoms with E-state index in [1.54, 1.807) is 30.6 Å². The number of aryl methyl sites for hydroxylation is 1. The van der Waals surface area contributed by atoms with E-state index < -0.39 is 10.1 Å². The first-order valence-corrected chi connectivity index (χ1v) is 6.53. The molecule has 0 unspecified atom stereocenters. The number of hydrogen-bond acceptors (Lipinski definition) is 3. The van der Waals surface area contributed by atoms with Gasteiger partial charge in [0.15, 0.2) is 0 Å². The van der Waals surface area contributed by atoms with Crippen LogP contribution in [-0.2, 0) is 10.1 Å². The van der Waals surface area contributed by atoms with Crippen molar-refractivity contribution in [1.29, 1.82) is 0 Å². The third-order valence-corrected chi connectivity index (χ3v) is 2.90. The van der Waals surface area contributed by atoms with Crippen LogP contribution in [0.5, 0.6) is 0 Å². The van der Waals surface area contributed by atoms with E-state index in [-0.39, 0.29) is 4.90 Å². The van der Waals surface area contributed by atoms with Gasteiger partial charge in [-0.25, -0.2) is 4.98 Å². The van der Waals surface area contributed by atoms with Crippen LogP contribution < -0.4 is 0 Å². The van der Waals surface area contributed by atoms with Crippen LogP contribution in [-0.4, -0.2) is 22.9 Å². The van der Waals surface area contributed by atoms with Crippen molar-refractivity contribution >= 4 is 16.2 Å². The van der Waals surface area contributed by atoms with Crippen molar-refractivity contribution in [2.24, 2.45) is 0 Å². The first-order valence-electron chi connectivity index (χ1n) is 5.09. The molecule has 1 aromatic heterocycles. The Morgan fingerprint density at radius 2 is 1.94 bits per heavy atom. The second kappa shape index (κ2) is 6.13. The summed E-state index contributed by atoms with van der Waals surface area (Å²) in [6, 6.07) is 5.99. The number of benzene rings is 1. The highest BCUT2D eigenvalue weighted by atomic mass is 32.2. The maximum absolute atomic E-state index is 10.5. The molecule has 5 nitrogen and oxygen atoms in total. The van der Waals surface area contributed by atoms with Gasteiger partial charge in [-0.05, 0) is 25.1 Å². The average Bonchev–Trinajstić information content (AvgIpc) is 2.82. The van der Waals surface area contributed by atoms with E-state index in [0.29, 0.717) is 0 Å². The molecular weight excluding hydrogens is 252 g/mol. The lowest BCUT2D eigenvalue weighted by molar-refractivity contribution is 0.483. The van der Waals surface area contributed by atoms with Gasteiger partial charge in [-0.2, -0.15) is 8.42 Å². The third-order valence-electron chi connectivity index (χ3n) is 2.03. The monoisotopic (exact) mass is 266 g/mol. The summed E-state index contributed by atoms with van der Waals surface area (Å²) in [5.41, 5.74) is 0.956. The molecule has 0 amide bonds. The van der Waals surface area contributed by atoms with Gasteiger partial charge in [0.2, 0.25) is 0 Å². The van der Waals surface area contributed by atoms with E-state index >= 15 is 0 Å². The summed E-state index contributed by atoms with van der Waals surface area (Å²) >= 11 is 0. The lowest BCUT2D eigenvalue weighted by atomic mass is 10.2. The second-order valence-electron chi connectivity index (χ2n) is 3.47. The first-order chi connectivity index (χ1) is 8.43. The van der Waals surface area contributed by atoms with Crippen molar-refractivity contribution in [3.63, 3.8) is 0 Å². The molecule has 0 saturated carbocycles. The van der Waals surface area contributed by atoms with Gasteiger partial charge in [0, 0.05) is 12.4 Å². The number of rotatable bonds is 2. The zero-order valence-corrected chi connectivity index (χ0v) is 10.7. The molecule has 1 aromatic carbocycles. The average molecular weight is 266 g/mol. The van der Waals surface area contributed by atoms with Gasteiger partial charge in [0.1, 0.15) is 5.82 Å². The molecule has 0 atom stereocenters. The Hall–Kier alpha value is -1.92.